The van der Waals surface area contributed by atoms with Crippen LogP contribution < -0.4 is 10.6 Å². The summed E-state index contributed by atoms with van der Waals surface area (Å²) < 4.78 is 0. The second-order valence-electron chi connectivity index (χ2n) is 4.68. The maximum atomic E-state index is 11.6. The Labute approximate surface area is 139 Å². The van der Waals surface area contributed by atoms with E-state index >= 15 is 0 Å². The van der Waals surface area contributed by atoms with Gasteiger partial charge in [-0.3, -0.25) is 9.79 Å². The van der Waals surface area contributed by atoms with Gasteiger partial charge in [0, 0.05) is 39.1 Å². The zero-order chi connectivity index (χ0) is 14.1. The monoisotopic (exact) mass is 394 g/mol. The summed E-state index contributed by atoms with van der Waals surface area (Å²) in [6.07, 6.45) is 6.73. The maximum Gasteiger partial charge on any atom is 0.222 e. The van der Waals surface area contributed by atoms with Gasteiger partial charge in [0.15, 0.2) is 5.96 Å². The Morgan fingerprint density at radius 1 is 1.50 bits per heavy atom. The Hall–Kier alpha value is -0.790. The van der Waals surface area contributed by atoms with E-state index in [9.17, 15) is 4.79 Å². The average Bonchev–Trinajstić information content (AvgIpc) is 2.89. The topological polar surface area (TPSA) is 56.7 Å². The predicted molar refractivity (Wildman–Crippen MR) is 94.6 cm³/mol. The highest BCUT2D eigenvalue weighted by molar-refractivity contribution is 14.0. The van der Waals surface area contributed by atoms with Crippen LogP contribution in [0.1, 0.15) is 33.1 Å². The van der Waals surface area contributed by atoms with Gasteiger partial charge in [-0.25, -0.2) is 0 Å². The van der Waals surface area contributed by atoms with Crippen molar-refractivity contribution in [1.29, 1.82) is 0 Å². The smallest absolute Gasteiger partial charge is 0.222 e. The number of nitrogens with one attached hydrogen (secondary N) is 2. The van der Waals surface area contributed by atoms with E-state index in [0.717, 1.165) is 38.4 Å². The molecule has 0 aliphatic carbocycles. The van der Waals surface area contributed by atoms with E-state index in [4.69, 9.17) is 0 Å². The van der Waals surface area contributed by atoms with Crippen LogP contribution in [0.25, 0.3) is 0 Å². The van der Waals surface area contributed by atoms with Crippen LogP contribution in [0.15, 0.2) is 17.1 Å². The van der Waals surface area contributed by atoms with Crippen LogP contribution in [0.2, 0.25) is 0 Å². The number of allylic oxidation sites excluding steroid dienone is 1. The quantitative estimate of drug-likeness (QED) is 0.246. The van der Waals surface area contributed by atoms with Gasteiger partial charge in [-0.05, 0) is 19.8 Å². The zero-order valence-electron chi connectivity index (χ0n) is 12.7. The highest BCUT2D eigenvalue weighted by Crippen LogP contribution is 2.10. The van der Waals surface area contributed by atoms with E-state index in [-0.39, 0.29) is 29.9 Å². The van der Waals surface area contributed by atoms with Gasteiger partial charge in [0.2, 0.25) is 5.91 Å². The minimum Gasteiger partial charge on any atom is -0.356 e. The summed E-state index contributed by atoms with van der Waals surface area (Å²) >= 11 is 0. The average molecular weight is 394 g/mol. The van der Waals surface area contributed by atoms with Crippen molar-refractivity contribution in [3.05, 3.63) is 12.2 Å². The van der Waals surface area contributed by atoms with Gasteiger partial charge >= 0.3 is 0 Å². The number of guanidine groups is 1. The van der Waals surface area contributed by atoms with Crippen molar-refractivity contribution in [2.45, 2.75) is 39.2 Å². The molecule has 0 radical (unpaired) electrons. The number of likely N-dealkylation sites (tertiary alicyclic amines) is 1. The highest BCUT2D eigenvalue weighted by Gasteiger charge is 2.25. The number of carbonyl (C=O) groups excluding carboxylic acids is 1. The van der Waals surface area contributed by atoms with Crippen LogP contribution in [0.5, 0.6) is 0 Å². The van der Waals surface area contributed by atoms with Crippen LogP contribution >= 0.6 is 24.0 Å². The lowest BCUT2D eigenvalue weighted by atomic mass is 10.3. The van der Waals surface area contributed by atoms with Gasteiger partial charge in [-0.2, -0.15) is 0 Å². The summed E-state index contributed by atoms with van der Waals surface area (Å²) in [5.41, 5.74) is 0. The lowest BCUT2D eigenvalue weighted by Crippen LogP contribution is -2.45. The highest BCUT2D eigenvalue weighted by atomic mass is 127. The first-order valence-electron chi connectivity index (χ1n) is 7.07. The van der Waals surface area contributed by atoms with Crippen LogP contribution in [0.4, 0.5) is 0 Å². The maximum absolute atomic E-state index is 11.6. The fourth-order valence-electron chi connectivity index (χ4n) is 2.16. The molecule has 0 aromatic rings. The fourth-order valence-corrected chi connectivity index (χ4v) is 2.16. The third-order valence-corrected chi connectivity index (χ3v) is 3.25. The van der Waals surface area contributed by atoms with E-state index in [1.807, 2.05) is 24.8 Å². The summed E-state index contributed by atoms with van der Waals surface area (Å²) in [6, 6.07) is 0.309. The van der Waals surface area contributed by atoms with Crippen molar-refractivity contribution in [2.24, 2.45) is 4.99 Å². The van der Waals surface area contributed by atoms with E-state index in [0.29, 0.717) is 12.5 Å². The molecule has 116 valence electrons. The minimum atomic E-state index is 0. The summed E-state index contributed by atoms with van der Waals surface area (Å²) in [5.74, 6) is 1.06. The van der Waals surface area contributed by atoms with Gasteiger partial charge in [-0.15, -0.1) is 24.0 Å². The molecular formula is C14H27IN4O. The molecule has 1 heterocycles. The predicted octanol–water partition coefficient (Wildman–Crippen LogP) is 1.75. The van der Waals surface area contributed by atoms with E-state index in [2.05, 4.69) is 21.7 Å². The van der Waals surface area contributed by atoms with Crippen molar-refractivity contribution in [3.8, 4) is 0 Å². The first kappa shape index (κ1) is 19.2. The number of hydrogen-bond donors (Lipinski definition) is 2. The summed E-state index contributed by atoms with van der Waals surface area (Å²) in [5, 5.41) is 6.65. The van der Waals surface area contributed by atoms with Gasteiger partial charge in [0.05, 0.1) is 0 Å². The Morgan fingerprint density at radius 2 is 2.25 bits per heavy atom. The number of halogens is 1. The number of aliphatic imine (C=N–C) groups is 1. The Bertz CT molecular complexity index is 344. The molecule has 0 bridgehead atoms. The molecule has 1 unspecified atom stereocenters. The lowest BCUT2D eigenvalue weighted by Gasteiger charge is -2.18. The molecule has 0 aromatic heterocycles. The molecule has 2 N–H and O–H groups in total. The number of nitrogens with zero attached hydrogens (tertiary/aromatic N) is 2. The Kier molecular flexibility index (Phi) is 10.5. The van der Waals surface area contributed by atoms with Crippen molar-refractivity contribution in [3.63, 3.8) is 0 Å². The van der Waals surface area contributed by atoms with Gasteiger partial charge in [0.25, 0.3) is 0 Å². The summed E-state index contributed by atoms with van der Waals surface area (Å²) in [6.45, 7) is 6.42. The van der Waals surface area contributed by atoms with Crippen molar-refractivity contribution >= 4 is 35.8 Å². The second-order valence-corrected chi connectivity index (χ2v) is 4.68. The molecule has 1 rings (SSSR count). The number of carbonyl (C=O) groups is 1. The van der Waals surface area contributed by atoms with Crippen molar-refractivity contribution in [1.82, 2.24) is 15.5 Å². The van der Waals surface area contributed by atoms with E-state index in [1.54, 1.807) is 7.05 Å². The van der Waals surface area contributed by atoms with Crippen LogP contribution in [-0.4, -0.2) is 49.5 Å². The van der Waals surface area contributed by atoms with Gasteiger partial charge in [0.1, 0.15) is 0 Å². The molecule has 1 aliphatic heterocycles. The van der Waals surface area contributed by atoms with Crippen molar-refractivity contribution in [2.75, 3.05) is 26.7 Å². The number of amides is 1. The van der Waals surface area contributed by atoms with Crippen LogP contribution in [0, 0.1) is 0 Å². The summed E-state index contributed by atoms with van der Waals surface area (Å²) in [7, 11) is 1.77. The largest absolute Gasteiger partial charge is 0.356 e. The molecule has 6 heteroatoms. The molecule has 0 saturated carbocycles. The second kappa shape index (κ2) is 10.9. The lowest BCUT2D eigenvalue weighted by molar-refractivity contribution is -0.129. The Morgan fingerprint density at radius 3 is 2.85 bits per heavy atom. The molecule has 0 aromatic carbocycles. The van der Waals surface area contributed by atoms with Crippen LogP contribution in [-0.2, 0) is 4.79 Å². The molecule has 0 spiro atoms. The normalized spacial score (nSPS) is 19.1. The molecular weight excluding hydrogens is 367 g/mol. The molecule has 1 amide bonds. The number of rotatable bonds is 5. The first-order chi connectivity index (χ1) is 9.21. The SMILES string of the molecule is C/C=C/CCNC(=NC)NC1CCN(C(=O)CC)C1.I. The molecule has 1 saturated heterocycles. The van der Waals surface area contributed by atoms with Crippen molar-refractivity contribution < 1.29 is 4.79 Å². The minimum absolute atomic E-state index is 0. The third kappa shape index (κ3) is 6.58. The Balaban J connectivity index is 0.00000361. The van der Waals surface area contributed by atoms with Gasteiger partial charge < -0.3 is 15.5 Å². The van der Waals surface area contributed by atoms with Gasteiger partial charge in [-0.1, -0.05) is 19.1 Å². The first-order valence-corrected chi connectivity index (χ1v) is 7.07. The van der Waals surface area contributed by atoms with Crippen LogP contribution in [0.3, 0.4) is 0 Å². The molecule has 5 nitrogen and oxygen atoms in total. The standard InChI is InChI=1S/C14H26N4O.HI/c1-4-6-7-9-16-14(15-3)17-12-8-10-18(11-12)13(19)5-2;/h4,6,12H,5,7-11H2,1-3H3,(H2,15,16,17);1H/b6-4+;. The molecule has 1 aliphatic rings. The van der Waals surface area contributed by atoms with E-state index in [1.165, 1.54) is 0 Å². The molecule has 1 fully saturated rings. The molecule has 1 atom stereocenters. The number of hydrogen-bond acceptors (Lipinski definition) is 2. The molecule has 20 heavy (non-hydrogen) atoms. The van der Waals surface area contributed by atoms with E-state index < -0.39 is 0 Å². The zero-order valence-corrected chi connectivity index (χ0v) is 15.0. The third-order valence-electron chi connectivity index (χ3n) is 3.25. The summed E-state index contributed by atoms with van der Waals surface area (Å²) in [4.78, 5) is 17.7. The fraction of sp³-hybridized carbons (Fsp3) is 0.714.